The van der Waals surface area contributed by atoms with Crippen molar-refractivity contribution < 1.29 is 43.2 Å². The fourth-order valence-electron chi connectivity index (χ4n) is 4.24. The van der Waals surface area contributed by atoms with Gasteiger partial charge in [-0.05, 0) is 42.9 Å². The van der Waals surface area contributed by atoms with E-state index in [1.54, 1.807) is 0 Å². The summed E-state index contributed by atoms with van der Waals surface area (Å²) in [6.07, 6.45) is 6.08. The number of esters is 4. The number of rotatable bonds is 18. The van der Waals surface area contributed by atoms with E-state index < -0.39 is 24.0 Å². The molecule has 0 saturated heterocycles. The molecular weight excluding hydrogens is 504 g/mol. The Labute approximate surface area is 232 Å². The number of aliphatic hydroxyl groups is 1. The van der Waals surface area contributed by atoms with Crippen molar-refractivity contribution in [2.45, 2.75) is 106 Å². The van der Waals surface area contributed by atoms with E-state index in [1.165, 1.54) is 13.8 Å². The highest BCUT2D eigenvalue weighted by molar-refractivity contribution is 5.75. The Morgan fingerprint density at radius 3 is 1.85 bits per heavy atom. The first-order chi connectivity index (χ1) is 18.4. The highest BCUT2D eigenvalue weighted by Crippen LogP contribution is 2.26. The lowest BCUT2D eigenvalue weighted by Gasteiger charge is -2.18. The third kappa shape index (κ3) is 14.7. The van der Waals surface area contributed by atoms with E-state index in [4.69, 9.17) is 18.9 Å². The maximum atomic E-state index is 12.5. The van der Waals surface area contributed by atoms with Gasteiger partial charge in [0.15, 0.2) is 6.10 Å². The van der Waals surface area contributed by atoms with Crippen molar-refractivity contribution in [3.8, 4) is 5.75 Å². The molecule has 2 unspecified atom stereocenters. The molecular formula is C30H46O9. The monoisotopic (exact) mass is 550 g/mol. The molecule has 220 valence electrons. The molecule has 0 aliphatic carbocycles. The second kappa shape index (κ2) is 18.4. The van der Waals surface area contributed by atoms with Crippen LogP contribution in [0.25, 0.3) is 0 Å². The van der Waals surface area contributed by atoms with Crippen LogP contribution in [0.1, 0.15) is 95.8 Å². The van der Waals surface area contributed by atoms with E-state index in [0.717, 1.165) is 61.6 Å². The summed E-state index contributed by atoms with van der Waals surface area (Å²) >= 11 is 0. The lowest BCUT2D eigenvalue weighted by molar-refractivity contribution is -0.166. The number of hydrogen-bond acceptors (Lipinski definition) is 9. The van der Waals surface area contributed by atoms with Crippen molar-refractivity contribution in [3.05, 3.63) is 28.8 Å². The zero-order chi connectivity index (χ0) is 29.4. The minimum absolute atomic E-state index is 0.0454. The number of aryl methyl sites for hydroxylation is 2. The first-order valence-corrected chi connectivity index (χ1v) is 13.8. The second-order valence-corrected chi connectivity index (χ2v) is 10.4. The smallest absolute Gasteiger partial charge is 0.314 e. The van der Waals surface area contributed by atoms with Gasteiger partial charge in [-0.15, -0.1) is 0 Å². The minimum atomic E-state index is -0.822. The number of carbonyl (C=O) groups excluding carboxylic acids is 4. The first-order valence-electron chi connectivity index (χ1n) is 13.8. The minimum Gasteiger partial charge on any atom is -0.462 e. The summed E-state index contributed by atoms with van der Waals surface area (Å²) in [4.78, 5) is 46.9. The molecule has 0 saturated carbocycles. The van der Waals surface area contributed by atoms with Crippen LogP contribution in [0.2, 0.25) is 0 Å². The van der Waals surface area contributed by atoms with Gasteiger partial charge in [0.2, 0.25) is 0 Å². The first kappa shape index (κ1) is 34.1. The Balaban J connectivity index is 2.25. The summed E-state index contributed by atoms with van der Waals surface area (Å²) in [7, 11) is 0. The predicted molar refractivity (Wildman–Crippen MR) is 146 cm³/mol. The molecule has 39 heavy (non-hydrogen) atoms. The van der Waals surface area contributed by atoms with Gasteiger partial charge in [-0.1, -0.05) is 64.5 Å². The quantitative estimate of drug-likeness (QED) is 0.115. The molecule has 1 aromatic rings. The molecule has 9 heteroatoms. The van der Waals surface area contributed by atoms with Gasteiger partial charge < -0.3 is 24.1 Å². The molecule has 2 atom stereocenters. The summed E-state index contributed by atoms with van der Waals surface area (Å²) < 4.78 is 20.8. The highest BCUT2D eigenvalue weighted by Gasteiger charge is 2.20. The molecule has 0 amide bonds. The molecule has 1 aromatic carbocycles. The van der Waals surface area contributed by atoms with Gasteiger partial charge >= 0.3 is 23.9 Å². The molecule has 1 N–H and O–H groups in total. The maximum absolute atomic E-state index is 12.5. The van der Waals surface area contributed by atoms with E-state index in [9.17, 15) is 24.3 Å². The Morgan fingerprint density at radius 1 is 0.821 bits per heavy atom. The van der Waals surface area contributed by atoms with Crippen molar-refractivity contribution in [3.63, 3.8) is 0 Å². The Bertz CT molecular complexity index is 899. The Kier molecular flexibility index (Phi) is 16.1. The van der Waals surface area contributed by atoms with Crippen LogP contribution in [0, 0.1) is 25.7 Å². The summed E-state index contributed by atoms with van der Waals surface area (Å²) in [5.41, 5.74) is 2.48. The summed E-state index contributed by atoms with van der Waals surface area (Å²) in [6.45, 7) is 9.77. The van der Waals surface area contributed by atoms with Crippen LogP contribution in [-0.4, -0.2) is 48.3 Å². The van der Waals surface area contributed by atoms with Crippen molar-refractivity contribution in [2.75, 3.05) is 13.2 Å². The predicted octanol–water partition coefficient (Wildman–Crippen LogP) is 5.13. The molecule has 0 spiro atoms. The van der Waals surface area contributed by atoms with Crippen LogP contribution >= 0.6 is 0 Å². The SMILES string of the molecule is CC(=O)OCC(COC(C)=O)OC(=O)CC(C)CCCCCCCC(C)C(=O)Oc1c(C)cc(CO)cc1C. The molecule has 0 aromatic heterocycles. The number of carbonyl (C=O) groups is 4. The highest BCUT2D eigenvalue weighted by atomic mass is 16.6. The van der Waals surface area contributed by atoms with E-state index in [0.29, 0.717) is 5.75 Å². The van der Waals surface area contributed by atoms with Gasteiger partial charge in [0.1, 0.15) is 19.0 Å². The summed E-state index contributed by atoms with van der Waals surface area (Å²) in [6, 6.07) is 3.66. The van der Waals surface area contributed by atoms with Crippen molar-refractivity contribution in [1.82, 2.24) is 0 Å². The molecule has 9 nitrogen and oxygen atoms in total. The largest absolute Gasteiger partial charge is 0.462 e. The van der Waals surface area contributed by atoms with Gasteiger partial charge in [-0.3, -0.25) is 19.2 Å². The third-order valence-corrected chi connectivity index (χ3v) is 6.40. The molecule has 0 radical (unpaired) electrons. The zero-order valence-corrected chi connectivity index (χ0v) is 24.4. The fourth-order valence-corrected chi connectivity index (χ4v) is 4.24. The van der Waals surface area contributed by atoms with Crippen LogP contribution in [0.3, 0.4) is 0 Å². The van der Waals surface area contributed by atoms with Gasteiger partial charge in [0, 0.05) is 20.3 Å². The van der Waals surface area contributed by atoms with E-state index >= 15 is 0 Å². The second-order valence-electron chi connectivity index (χ2n) is 10.4. The van der Waals surface area contributed by atoms with Crippen LogP contribution in [-0.2, 0) is 40.0 Å². The topological polar surface area (TPSA) is 125 Å². The Hall–Kier alpha value is -2.94. The molecule has 1 rings (SSSR count). The maximum Gasteiger partial charge on any atom is 0.314 e. The number of unbranched alkanes of at least 4 members (excludes halogenated alkanes) is 4. The van der Waals surface area contributed by atoms with Gasteiger partial charge in [-0.25, -0.2) is 0 Å². The van der Waals surface area contributed by atoms with Crippen LogP contribution < -0.4 is 4.74 Å². The molecule has 0 fully saturated rings. The lowest BCUT2D eigenvalue weighted by Crippen LogP contribution is -2.30. The number of ether oxygens (including phenoxy) is 4. The van der Waals surface area contributed by atoms with E-state index in [-0.39, 0.29) is 44.0 Å². The molecule has 0 heterocycles. The average Bonchev–Trinajstić information content (AvgIpc) is 2.86. The zero-order valence-electron chi connectivity index (χ0n) is 24.4. The average molecular weight is 551 g/mol. The lowest BCUT2D eigenvalue weighted by atomic mass is 9.98. The van der Waals surface area contributed by atoms with Crippen molar-refractivity contribution >= 4 is 23.9 Å². The van der Waals surface area contributed by atoms with Crippen molar-refractivity contribution in [1.29, 1.82) is 0 Å². The number of hydrogen-bond donors (Lipinski definition) is 1. The van der Waals surface area contributed by atoms with E-state index in [2.05, 4.69) is 0 Å². The normalized spacial score (nSPS) is 12.5. The summed E-state index contributed by atoms with van der Waals surface area (Å²) in [5.74, 6) is -1.14. The van der Waals surface area contributed by atoms with Gasteiger partial charge in [0.25, 0.3) is 0 Å². The summed E-state index contributed by atoms with van der Waals surface area (Å²) in [5, 5.41) is 9.32. The third-order valence-electron chi connectivity index (χ3n) is 6.40. The molecule has 0 aliphatic rings. The molecule has 0 aliphatic heterocycles. The van der Waals surface area contributed by atoms with Gasteiger partial charge in [-0.2, -0.15) is 0 Å². The molecule has 0 bridgehead atoms. The Morgan fingerprint density at radius 2 is 1.33 bits per heavy atom. The van der Waals surface area contributed by atoms with Crippen molar-refractivity contribution in [2.24, 2.45) is 11.8 Å². The van der Waals surface area contributed by atoms with Crippen LogP contribution in [0.15, 0.2) is 12.1 Å². The van der Waals surface area contributed by atoms with Gasteiger partial charge in [0.05, 0.1) is 12.5 Å². The van der Waals surface area contributed by atoms with E-state index in [1.807, 2.05) is 39.8 Å². The number of aliphatic hydroxyl groups excluding tert-OH is 1. The van der Waals surface area contributed by atoms with Crippen LogP contribution in [0.4, 0.5) is 0 Å². The number of benzene rings is 1. The fraction of sp³-hybridized carbons (Fsp3) is 0.667. The van der Waals surface area contributed by atoms with Crippen LogP contribution in [0.5, 0.6) is 5.75 Å². The standard InChI is InChI=1S/C30H46O9/c1-20(14-28(34)38-27(18-36-24(5)32)19-37-25(6)33)12-10-8-7-9-11-13-21(2)30(35)39-29-22(3)15-26(17-31)16-23(29)4/h15-16,20-21,27,31H,7-14,17-19H2,1-6H3.